The third kappa shape index (κ3) is 4.14. The lowest BCUT2D eigenvalue weighted by atomic mass is 9.82. The van der Waals surface area contributed by atoms with Crippen LogP contribution in [0.2, 0.25) is 0 Å². The second kappa shape index (κ2) is 8.61. The third-order valence-corrected chi connectivity index (χ3v) is 6.32. The highest BCUT2D eigenvalue weighted by atomic mass is 16.5. The Balaban J connectivity index is 1.53. The number of carbonyl (C=O) groups is 1. The molecule has 1 aromatic rings. The number of ether oxygens (including phenoxy) is 3. The minimum Gasteiger partial charge on any atom is -0.491 e. The van der Waals surface area contributed by atoms with Crippen LogP contribution in [0.1, 0.15) is 55.8 Å². The first-order chi connectivity index (χ1) is 13.3. The van der Waals surface area contributed by atoms with Gasteiger partial charge in [-0.05, 0) is 42.9 Å². The number of rotatable bonds is 4. The van der Waals surface area contributed by atoms with Crippen molar-refractivity contribution in [3.63, 3.8) is 0 Å². The summed E-state index contributed by atoms with van der Waals surface area (Å²) >= 11 is 0. The number of benzene rings is 1. The maximum atomic E-state index is 12.9. The molecular weight excluding hydrogens is 342 g/mol. The van der Waals surface area contributed by atoms with Crippen molar-refractivity contribution in [3.05, 3.63) is 29.3 Å². The molecular formula is C22H31NO4. The number of carbonyl (C=O) groups excluding carboxylic acids is 1. The first kappa shape index (κ1) is 18.8. The first-order valence-corrected chi connectivity index (χ1v) is 10.4. The molecule has 0 spiro atoms. The smallest absolute Gasteiger partial charge is 0.228 e. The number of hydrogen-bond acceptors (Lipinski definition) is 4. The lowest BCUT2D eigenvalue weighted by molar-refractivity contribution is -0.136. The second-order valence-corrected chi connectivity index (χ2v) is 8.09. The SMILES string of the molecule is COC(c1ccc2c(c1)CN(C(=O)C1CCOC1)CCO2)C1CCCCC1. The van der Waals surface area contributed by atoms with Crippen LogP contribution in [0.5, 0.6) is 5.75 Å². The molecule has 1 saturated heterocycles. The number of fused-ring (bicyclic) bond motifs is 1. The fraction of sp³-hybridized carbons (Fsp3) is 0.682. The van der Waals surface area contributed by atoms with Gasteiger partial charge >= 0.3 is 0 Å². The van der Waals surface area contributed by atoms with E-state index in [4.69, 9.17) is 14.2 Å². The standard InChI is InChI=1S/C22H31NO4/c1-25-21(16-5-3-2-4-6-16)17-7-8-20-19(13-17)14-23(10-12-27-20)22(24)18-9-11-26-15-18/h7-8,13,16,18,21H,2-6,9-12,14-15H2,1H3. The van der Waals surface area contributed by atoms with Crippen molar-refractivity contribution < 1.29 is 19.0 Å². The predicted octanol–water partition coefficient (Wildman–Crippen LogP) is 3.71. The van der Waals surface area contributed by atoms with Gasteiger partial charge in [0.2, 0.25) is 5.91 Å². The van der Waals surface area contributed by atoms with E-state index in [-0.39, 0.29) is 17.9 Å². The van der Waals surface area contributed by atoms with Gasteiger partial charge in [0.25, 0.3) is 0 Å². The van der Waals surface area contributed by atoms with Crippen LogP contribution >= 0.6 is 0 Å². The highest BCUT2D eigenvalue weighted by Gasteiger charge is 2.31. The number of nitrogens with zero attached hydrogens (tertiary/aromatic N) is 1. The molecule has 0 bridgehead atoms. The lowest BCUT2D eigenvalue weighted by Crippen LogP contribution is -2.37. The molecule has 5 heteroatoms. The molecule has 0 N–H and O–H groups in total. The van der Waals surface area contributed by atoms with Gasteiger partial charge in [0, 0.05) is 25.8 Å². The van der Waals surface area contributed by atoms with Crippen LogP contribution < -0.4 is 4.74 Å². The van der Waals surface area contributed by atoms with E-state index in [2.05, 4.69) is 18.2 Å². The molecule has 1 amide bonds. The summed E-state index contributed by atoms with van der Waals surface area (Å²) in [4.78, 5) is 14.8. The van der Waals surface area contributed by atoms with Crippen LogP contribution in [-0.4, -0.2) is 44.3 Å². The Bertz CT molecular complexity index is 650. The monoisotopic (exact) mass is 373 g/mol. The number of amides is 1. The number of methoxy groups -OCH3 is 1. The first-order valence-electron chi connectivity index (χ1n) is 10.4. The molecule has 1 saturated carbocycles. The summed E-state index contributed by atoms with van der Waals surface area (Å²) in [6.45, 7) is 3.03. The molecule has 148 valence electrons. The average molecular weight is 373 g/mol. The molecule has 2 heterocycles. The topological polar surface area (TPSA) is 48.0 Å². The Morgan fingerprint density at radius 3 is 2.78 bits per heavy atom. The van der Waals surface area contributed by atoms with Gasteiger partial charge in [-0.15, -0.1) is 0 Å². The van der Waals surface area contributed by atoms with Gasteiger partial charge in [-0.25, -0.2) is 0 Å². The molecule has 0 aromatic heterocycles. The van der Waals surface area contributed by atoms with Gasteiger partial charge in [-0.3, -0.25) is 4.79 Å². The molecule has 3 aliphatic rings. The Hall–Kier alpha value is -1.59. The quantitative estimate of drug-likeness (QED) is 0.807. The molecule has 2 atom stereocenters. The number of hydrogen-bond donors (Lipinski definition) is 0. The normalized spacial score (nSPS) is 24.8. The van der Waals surface area contributed by atoms with E-state index >= 15 is 0 Å². The maximum Gasteiger partial charge on any atom is 0.228 e. The van der Waals surface area contributed by atoms with Crippen LogP contribution in [-0.2, 0) is 20.8 Å². The van der Waals surface area contributed by atoms with Crippen molar-refractivity contribution in [2.24, 2.45) is 11.8 Å². The van der Waals surface area contributed by atoms with Crippen LogP contribution in [0.25, 0.3) is 0 Å². The zero-order valence-electron chi connectivity index (χ0n) is 16.3. The zero-order valence-corrected chi connectivity index (χ0v) is 16.3. The minimum atomic E-state index is 0.00342. The molecule has 2 aliphatic heterocycles. The van der Waals surface area contributed by atoms with Crippen LogP contribution in [0.3, 0.4) is 0 Å². The van der Waals surface area contributed by atoms with Crippen molar-refractivity contribution in [1.82, 2.24) is 4.90 Å². The van der Waals surface area contributed by atoms with Crippen LogP contribution in [0, 0.1) is 11.8 Å². The van der Waals surface area contributed by atoms with Gasteiger partial charge < -0.3 is 19.1 Å². The summed E-state index contributed by atoms with van der Waals surface area (Å²) in [5.74, 6) is 1.69. The van der Waals surface area contributed by atoms with E-state index in [9.17, 15) is 4.79 Å². The Morgan fingerprint density at radius 2 is 2.04 bits per heavy atom. The van der Waals surface area contributed by atoms with E-state index in [0.29, 0.717) is 38.8 Å². The van der Waals surface area contributed by atoms with Crippen molar-refractivity contribution in [3.8, 4) is 5.75 Å². The van der Waals surface area contributed by atoms with Gasteiger partial charge in [0.15, 0.2) is 0 Å². The average Bonchev–Trinajstić information content (AvgIpc) is 3.16. The maximum absolute atomic E-state index is 12.9. The zero-order chi connectivity index (χ0) is 18.6. The molecule has 1 aliphatic carbocycles. The lowest BCUT2D eigenvalue weighted by Gasteiger charge is -2.30. The molecule has 2 unspecified atom stereocenters. The second-order valence-electron chi connectivity index (χ2n) is 8.09. The molecule has 2 fully saturated rings. The van der Waals surface area contributed by atoms with Crippen molar-refractivity contribution in [2.45, 2.75) is 51.2 Å². The Morgan fingerprint density at radius 1 is 1.19 bits per heavy atom. The highest BCUT2D eigenvalue weighted by Crippen LogP contribution is 2.38. The van der Waals surface area contributed by atoms with Crippen molar-refractivity contribution in [1.29, 1.82) is 0 Å². The largest absolute Gasteiger partial charge is 0.491 e. The summed E-state index contributed by atoms with van der Waals surface area (Å²) in [5.41, 5.74) is 2.31. The summed E-state index contributed by atoms with van der Waals surface area (Å²) in [6, 6.07) is 6.41. The molecule has 0 radical (unpaired) electrons. The molecule has 4 rings (SSSR count). The Labute approximate surface area is 162 Å². The molecule has 5 nitrogen and oxygen atoms in total. The van der Waals surface area contributed by atoms with Gasteiger partial charge in [-0.1, -0.05) is 25.3 Å². The molecule has 1 aromatic carbocycles. The van der Waals surface area contributed by atoms with Crippen molar-refractivity contribution >= 4 is 5.91 Å². The molecule has 27 heavy (non-hydrogen) atoms. The van der Waals surface area contributed by atoms with E-state index < -0.39 is 0 Å². The Kier molecular flexibility index (Phi) is 5.98. The summed E-state index contributed by atoms with van der Waals surface area (Å²) in [7, 11) is 1.82. The fourth-order valence-electron chi connectivity index (χ4n) is 4.80. The van der Waals surface area contributed by atoms with Gasteiger partial charge in [-0.2, -0.15) is 0 Å². The summed E-state index contributed by atoms with van der Waals surface area (Å²) in [5, 5.41) is 0. The van der Waals surface area contributed by atoms with E-state index in [1.807, 2.05) is 12.0 Å². The van der Waals surface area contributed by atoms with E-state index in [0.717, 1.165) is 17.7 Å². The van der Waals surface area contributed by atoms with E-state index in [1.165, 1.54) is 37.7 Å². The fourth-order valence-corrected chi connectivity index (χ4v) is 4.80. The van der Waals surface area contributed by atoms with Crippen LogP contribution in [0.4, 0.5) is 0 Å². The highest BCUT2D eigenvalue weighted by molar-refractivity contribution is 5.79. The van der Waals surface area contributed by atoms with Crippen molar-refractivity contribution in [2.75, 3.05) is 33.5 Å². The minimum absolute atomic E-state index is 0.00342. The summed E-state index contributed by atoms with van der Waals surface area (Å²) < 4.78 is 17.3. The van der Waals surface area contributed by atoms with Gasteiger partial charge in [0.05, 0.1) is 25.2 Å². The summed E-state index contributed by atoms with van der Waals surface area (Å²) in [6.07, 6.45) is 7.36. The predicted molar refractivity (Wildman–Crippen MR) is 103 cm³/mol. The van der Waals surface area contributed by atoms with E-state index in [1.54, 1.807) is 0 Å². The third-order valence-electron chi connectivity index (χ3n) is 6.32. The van der Waals surface area contributed by atoms with Crippen LogP contribution in [0.15, 0.2) is 18.2 Å². The van der Waals surface area contributed by atoms with Gasteiger partial charge in [0.1, 0.15) is 12.4 Å².